The first kappa shape index (κ1) is 26.4. The molecule has 0 radical (unpaired) electrons. The maximum absolute atomic E-state index is 13.7. The zero-order valence-corrected chi connectivity index (χ0v) is 20.7. The van der Waals surface area contributed by atoms with Crippen molar-refractivity contribution in [3.05, 3.63) is 70.8 Å². The highest BCUT2D eigenvalue weighted by Crippen LogP contribution is 2.39. The van der Waals surface area contributed by atoms with Gasteiger partial charge in [0.25, 0.3) is 0 Å². The van der Waals surface area contributed by atoms with E-state index in [-0.39, 0.29) is 24.5 Å². The molecule has 3 N–H and O–H groups in total. The van der Waals surface area contributed by atoms with Crippen LogP contribution in [0, 0.1) is 13.8 Å². The molecule has 2 aliphatic rings. The minimum absolute atomic E-state index is 0.132. The fraction of sp³-hybridized carbons (Fsp3) is 0.385. The van der Waals surface area contributed by atoms with Crippen LogP contribution in [0.5, 0.6) is 0 Å². The molecule has 2 heterocycles. The minimum Gasteiger partial charge on any atom is -0.382 e. The van der Waals surface area contributed by atoms with Crippen molar-refractivity contribution in [3.8, 4) is 0 Å². The molecule has 2 saturated heterocycles. The number of methoxy groups -OCH3 is 1. The molecule has 1 unspecified atom stereocenters. The van der Waals surface area contributed by atoms with Crippen LogP contribution in [0.4, 0.5) is 9.59 Å². The van der Waals surface area contributed by atoms with Crippen LogP contribution in [0.25, 0.3) is 0 Å². The SMILES string of the molecule is COCN1CN([C@H]2C[C@@](O)(C(=O)c3ccccc3C)[C@@H](C(O)C(=O)c3ccccc3C)O2)C(=O)NC1=O. The molecule has 4 amide bonds. The van der Waals surface area contributed by atoms with E-state index in [1.54, 1.807) is 50.2 Å². The number of aliphatic hydroxyl groups excluding tert-OH is 1. The number of imide groups is 1. The number of ketones is 2. The highest BCUT2D eigenvalue weighted by Gasteiger charge is 2.59. The summed E-state index contributed by atoms with van der Waals surface area (Å²) in [5, 5.41) is 25.1. The summed E-state index contributed by atoms with van der Waals surface area (Å²) in [4.78, 5) is 54.1. The van der Waals surface area contributed by atoms with Gasteiger partial charge in [-0.25, -0.2) is 9.59 Å². The van der Waals surface area contributed by atoms with Gasteiger partial charge in [0.15, 0.2) is 17.2 Å². The quantitative estimate of drug-likeness (QED) is 0.453. The summed E-state index contributed by atoms with van der Waals surface area (Å²) in [5.41, 5.74) is -0.786. The summed E-state index contributed by atoms with van der Waals surface area (Å²) in [5.74, 6) is -1.49. The van der Waals surface area contributed by atoms with Crippen LogP contribution in [-0.4, -0.2) is 88.2 Å². The first-order valence-electron chi connectivity index (χ1n) is 11.7. The average Bonchev–Trinajstić information content (AvgIpc) is 3.23. The van der Waals surface area contributed by atoms with Crippen molar-refractivity contribution in [1.82, 2.24) is 15.1 Å². The van der Waals surface area contributed by atoms with Gasteiger partial charge in [0.1, 0.15) is 31.8 Å². The Kier molecular flexibility index (Phi) is 7.42. The number of carbonyl (C=O) groups is 4. The van der Waals surface area contributed by atoms with Gasteiger partial charge >= 0.3 is 12.1 Å². The summed E-state index contributed by atoms with van der Waals surface area (Å²) in [6.07, 6.45) is -5.30. The highest BCUT2D eigenvalue weighted by atomic mass is 16.6. The molecule has 4 rings (SSSR count). The number of hydrogen-bond acceptors (Lipinski definition) is 8. The molecule has 0 spiro atoms. The van der Waals surface area contributed by atoms with E-state index in [1.807, 2.05) is 0 Å². The molecular formula is C26H29N3O8. The molecule has 11 heteroatoms. The maximum atomic E-state index is 13.7. The summed E-state index contributed by atoms with van der Waals surface area (Å²) in [7, 11) is 1.38. The van der Waals surface area contributed by atoms with Crippen molar-refractivity contribution in [3.63, 3.8) is 0 Å². The fourth-order valence-electron chi connectivity index (χ4n) is 4.69. The fourth-order valence-corrected chi connectivity index (χ4v) is 4.69. The lowest BCUT2D eigenvalue weighted by molar-refractivity contribution is -0.108. The number of Topliss-reactive ketones (excluding diaryl/α,β-unsaturated/α-hetero) is 2. The Morgan fingerprint density at radius 2 is 1.68 bits per heavy atom. The first-order valence-corrected chi connectivity index (χ1v) is 11.7. The number of hydrogen-bond donors (Lipinski definition) is 3. The first-order chi connectivity index (χ1) is 17.6. The van der Waals surface area contributed by atoms with Crippen molar-refractivity contribution >= 4 is 23.6 Å². The second-order valence-electron chi connectivity index (χ2n) is 9.21. The topological polar surface area (TPSA) is 146 Å². The van der Waals surface area contributed by atoms with Crippen LogP contribution < -0.4 is 5.32 Å². The molecule has 2 aliphatic heterocycles. The van der Waals surface area contributed by atoms with Crippen molar-refractivity contribution in [2.24, 2.45) is 0 Å². The Balaban J connectivity index is 1.71. The van der Waals surface area contributed by atoms with Gasteiger partial charge in [-0.1, -0.05) is 48.5 Å². The van der Waals surface area contributed by atoms with Gasteiger partial charge in [-0.2, -0.15) is 0 Å². The van der Waals surface area contributed by atoms with Gasteiger partial charge in [-0.3, -0.25) is 24.7 Å². The van der Waals surface area contributed by atoms with E-state index in [9.17, 15) is 29.4 Å². The number of aliphatic hydroxyl groups is 2. The van der Waals surface area contributed by atoms with Crippen molar-refractivity contribution in [1.29, 1.82) is 0 Å². The van der Waals surface area contributed by atoms with E-state index < -0.39 is 54.1 Å². The van der Waals surface area contributed by atoms with Crippen LogP contribution >= 0.6 is 0 Å². The van der Waals surface area contributed by atoms with Crippen LogP contribution in [0.2, 0.25) is 0 Å². The summed E-state index contributed by atoms with van der Waals surface area (Å²) < 4.78 is 10.9. The molecular weight excluding hydrogens is 482 g/mol. The normalized spacial score (nSPS) is 24.7. The molecule has 2 aromatic carbocycles. The van der Waals surface area contributed by atoms with Crippen LogP contribution in [0.15, 0.2) is 48.5 Å². The maximum Gasteiger partial charge on any atom is 0.328 e. The molecule has 0 aromatic heterocycles. The highest BCUT2D eigenvalue weighted by molar-refractivity contribution is 6.06. The molecule has 37 heavy (non-hydrogen) atoms. The monoisotopic (exact) mass is 511 g/mol. The number of nitrogens with one attached hydrogen (secondary N) is 1. The Labute approximate surface area is 213 Å². The predicted octanol–water partition coefficient (Wildman–Crippen LogP) is 1.58. The molecule has 0 aliphatic carbocycles. The van der Waals surface area contributed by atoms with Crippen molar-refractivity contribution in [2.75, 3.05) is 20.5 Å². The molecule has 4 atom stereocenters. The third-order valence-corrected chi connectivity index (χ3v) is 6.73. The molecule has 0 bridgehead atoms. The van der Waals surface area contributed by atoms with E-state index in [4.69, 9.17) is 9.47 Å². The molecule has 2 fully saturated rings. The summed E-state index contributed by atoms with van der Waals surface area (Å²) >= 11 is 0. The van der Waals surface area contributed by atoms with Gasteiger partial charge in [0, 0.05) is 24.7 Å². The lowest BCUT2D eigenvalue weighted by atomic mass is 9.81. The van der Waals surface area contributed by atoms with E-state index in [2.05, 4.69) is 5.32 Å². The summed E-state index contributed by atoms with van der Waals surface area (Å²) in [6, 6.07) is 11.7. The van der Waals surface area contributed by atoms with Crippen molar-refractivity contribution < 1.29 is 38.9 Å². The lowest BCUT2D eigenvalue weighted by Crippen LogP contribution is -2.62. The molecule has 11 nitrogen and oxygen atoms in total. The zero-order chi connectivity index (χ0) is 26.9. The van der Waals surface area contributed by atoms with E-state index in [0.29, 0.717) is 11.1 Å². The Morgan fingerprint density at radius 1 is 1.08 bits per heavy atom. The largest absolute Gasteiger partial charge is 0.382 e. The molecule has 196 valence electrons. The van der Waals surface area contributed by atoms with Crippen LogP contribution in [0.3, 0.4) is 0 Å². The van der Waals surface area contributed by atoms with Gasteiger partial charge in [0.05, 0.1) is 0 Å². The number of urea groups is 2. The standard InChI is InChI=1S/C26H29N3O8/c1-15-8-4-6-10-17(15)20(30)21(31)23-26(35,22(32)18-11-7-5-9-16(18)2)12-19(37-23)29-13-28(14-36-3)24(33)27-25(29)34/h4-11,19,21,23,31,35H,12-14H2,1-3H3,(H,27,33,34)/t19-,21?,23-,26-/m1/s1. The third-order valence-electron chi connectivity index (χ3n) is 6.73. The van der Waals surface area contributed by atoms with Gasteiger partial charge < -0.3 is 19.7 Å². The van der Waals surface area contributed by atoms with Gasteiger partial charge in [0.2, 0.25) is 0 Å². The number of aryl methyl sites for hydroxylation is 2. The van der Waals surface area contributed by atoms with Crippen molar-refractivity contribution in [2.45, 2.75) is 44.3 Å². The number of amides is 4. The number of ether oxygens (including phenoxy) is 2. The second kappa shape index (κ2) is 10.4. The van der Waals surface area contributed by atoms with Crippen LogP contribution in [-0.2, 0) is 9.47 Å². The second-order valence-corrected chi connectivity index (χ2v) is 9.21. The lowest BCUT2D eigenvalue weighted by Gasteiger charge is -2.37. The Hall–Kier alpha value is -3.64. The summed E-state index contributed by atoms with van der Waals surface area (Å²) in [6.45, 7) is 3.00. The molecule has 0 saturated carbocycles. The minimum atomic E-state index is -2.36. The van der Waals surface area contributed by atoms with Gasteiger partial charge in [-0.15, -0.1) is 0 Å². The number of nitrogens with zero attached hydrogens (tertiary/aromatic N) is 2. The zero-order valence-electron chi connectivity index (χ0n) is 20.7. The average molecular weight is 512 g/mol. The van der Waals surface area contributed by atoms with E-state index >= 15 is 0 Å². The third kappa shape index (κ3) is 4.86. The number of carbonyl (C=O) groups excluding carboxylic acids is 4. The number of rotatable bonds is 8. The number of benzene rings is 2. The smallest absolute Gasteiger partial charge is 0.328 e. The van der Waals surface area contributed by atoms with E-state index in [0.717, 1.165) is 4.90 Å². The molecule has 2 aromatic rings. The van der Waals surface area contributed by atoms with Crippen LogP contribution in [0.1, 0.15) is 38.3 Å². The van der Waals surface area contributed by atoms with Gasteiger partial charge in [-0.05, 0) is 25.0 Å². The van der Waals surface area contributed by atoms with E-state index in [1.165, 1.54) is 24.1 Å². The Morgan fingerprint density at radius 3 is 2.27 bits per heavy atom. The Bertz CT molecular complexity index is 1230. The predicted molar refractivity (Wildman–Crippen MR) is 130 cm³/mol.